The second kappa shape index (κ2) is 7.35. The monoisotopic (exact) mass is 341 g/mol. The number of anilines is 1. The van der Waals surface area contributed by atoms with Crippen LogP contribution >= 0.6 is 11.3 Å². The van der Waals surface area contributed by atoms with Gasteiger partial charge in [0.15, 0.2) is 24.1 Å². The van der Waals surface area contributed by atoms with E-state index in [0.29, 0.717) is 18.1 Å². The summed E-state index contributed by atoms with van der Waals surface area (Å²) in [6.07, 6.45) is 6.17. The summed E-state index contributed by atoms with van der Waals surface area (Å²) in [6, 6.07) is 4.06. The molecule has 102 valence electrons. The minimum absolute atomic E-state index is 0. The number of carbonyl (C=O) groups excluding carboxylic acids is 1. The van der Waals surface area contributed by atoms with Crippen LogP contribution in [0.15, 0.2) is 30.7 Å². The van der Waals surface area contributed by atoms with Gasteiger partial charge < -0.3 is 22.3 Å². The Kier molecular flexibility index (Phi) is 6.11. The molecule has 0 radical (unpaired) electrons. The summed E-state index contributed by atoms with van der Waals surface area (Å²) in [5, 5.41) is 3.47. The molecule has 0 bridgehead atoms. The summed E-state index contributed by atoms with van der Waals surface area (Å²) in [5.41, 5.74) is 1.22. The van der Waals surface area contributed by atoms with Crippen molar-refractivity contribution in [1.82, 2.24) is 4.98 Å². The number of nitrogens with one attached hydrogen (secondary N) is 1. The Morgan fingerprint density at radius 2 is 2.05 bits per heavy atom. The Hall–Kier alpha value is -1.27. The van der Waals surface area contributed by atoms with E-state index in [1.165, 1.54) is 16.9 Å². The Morgan fingerprint density at radius 1 is 1.37 bits per heavy atom. The van der Waals surface area contributed by atoms with E-state index < -0.39 is 0 Å². The SMILES string of the molecule is Cc1cc[n+](CCC(=O)Nc2ncc(C)s2)cc1.[Br-]. The number of carbonyl (C=O) groups is 1. The number of rotatable bonds is 4. The number of aryl methyl sites for hydroxylation is 3. The first kappa shape index (κ1) is 15.8. The van der Waals surface area contributed by atoms with Crippen LogP contribution in [-0.2, 0) is 11.3 Å². The van der Waals surface area contributed by atoms with E-state index in [1.807, 2.05) is 42.9 Å². The molecule has 1 N–H and O–H groups in total. The second-order valence-electron chi connectivity index (χ2n) is 4.19. The Morgan fingerprint density at radius 3 is 2.63 bits per heavy atom. The zero-order chi connectivity index (χ0) is 13.0. The highest BCUT2D eigenvalue weighted by molar-refractivity contribution is 7.15. The van der Waals surface area contributed by atoms with Gasteiger partial charge in [-0.1, -0.05) is 0 Å². The number of halogens is 1. The molecule has 0 spiro atoms. The highest BCUT2D eigenvalue weighted by Crippen LogP contribution is 2.16. The number of amides is 1. The fourth-order valence-corrected chi connectivity index (χ4v) is 2.19. The molecule has 1 amide bonds. The molecule has 0 aliphatic heterocycles. The summed E-state index contributed by atoms with van der Waals surface area (Å²) in [7, 11) is 0. The van der Waals surface area contributed by atoms with Crippen LogP contribution in [0, 0.1) is 13.8 Å². The third-order valence-electron chi connectivity index (χ3n) is 2.52. The first-order chi connectivity index (χ1) is 8.63. The lowest BCUT2D eigenvalue weighted by atomic mass is 10.3. The van der Waals surface area contributed by atoms with Crippen molar-refractivity contribution < 1.29 is 26.3 Å². The Bertz CT molecular complexity index is 539. The molecular weight excluding hydrogens is 326 g/mol. The van der Waals surface area contributed by atoms with Crippen LogP contribution in [0.4, 0.5) is 5.13 Å². The van der Waals surface area contributed by atoms with Crippen molar-refractivity contribution in [3.05, 3.63) is 41.2 Å². The lowest BCUT2D eigenvalue weighted by Crippen LogP contribution is -3.00. The van der Waals surface area contributed by atoms with Crippen molar-refractivity contribution in [3.63, 3.8) is 0 Å². The third kappa shape index (κ3) is 5.08. The Labute approximate surface area is 127 Å². The summed E-state index contributed by atoms with van der Waals surface area (Å²) in [5.74, 6) is -0.00238. The molecule has 0 saturated carbocycles. The smallest absolute Gasteiger partial charge is 0.232 e. The van der Waals surface area contributed by atoms with Crippen LogP contribution in [-0.4, -0.2) is 10.9 Å². The molecular formula is C13H16BrN3OS. The number of nitrogens with zero attached hydrogens (tertiary/aromatic N) is 2. The normalized spacial score (nSPS) is 9.79. The van der Waals surface area contributed by atoms with E-state index in [1.54, 1.807) is 6.20 Å². The van der Waals surface area contributed by atoms with E-state index in [-0.39, 0.29) is 22.9 Å². The number of hydrogen-bond acceptors (Lipinski definition) is 3. The van der Waals surface area contributed by atoms with Crippen molar-refractivity contribution in [2.24, 2.45) is 0 Å². The molecule has 0 aliphatic rings. The minimum atomic E-state index is -0.00238. The molecule has 0 aromatic carbocycles. The van der Waals surface area contributed by atoms with Gasteiger partial charge in [0.05, 0.1) is 6.42 Å². The van der Waals surface area contributed by atoms with Crippen LogP contribution in [0.2, 0.25) is 0 Å². The quantitative estimate of drug-likeness (QED) is 0.731. The van der Waals surface area contributed by atoms with Gasteiger partial charge in [-0.05, 0) is 19.4 Å². The maximum atomic E-state index is 11.7. The van der Waals surface area contributed by atoms with Gasteiger partial charge in [-0.15, -0.1) is 11.3 Å². The number of hydrogen-bond donors (Lipinski definition) is 1. The maximum absolute atomic E-state index is 11.7. The molecule has 0 atom stereocenters. The molecule has 0 aliphatic carbocycles. The summed E-state index contributed by atoms with van der Waals surface area (Å²) >= 11 is 1.49. The molecule has 0 saturated heterocycles. The molecule has 2 aromatic rings. The lowest BCUT2D eigenvalue weighted by molar-refractivity contribution is -0.695. The van der Waals surface area contributed by atoms with Crippen molar-refractivity contribution in [3.8, 4) is 0 Å². The standard InChI is InChI=1S/C13H15N3OS.BrH/c1-10-3-6-16(7-4-10)8-5-12(17)15-13-14-9-11(2)18-13;/h3-4,6-7,9H,5,8H2,1-2H3;1H. The first-order valence-corrected chi connectivity index (χ1v) is 6.63. The van der Waals surface area contributed by atoms with Gasteiger partial charge in [-0.25, -0.2) is 9.55 Å². The van der Waals surface area contributed by atoms with Crippen molar-refractivity contribution in [2.75, 3.05) is 5.32 Å². The zero-order valence-electron chi connectivity index (χ0n) is 10.9. The van der Waals surface area contributed by atoms with Crippen LogP contribution < -0.4 is 26.9 Å². The molecule has 0 fully saturated rings. The maximum Gasteiger partial charge on any atom is 0.232 e. The predicted octanol–water partition coefficient (Wildman–Crippen LogP) is -0.920. The van der Waals surface area contributed by atoms with Crippen molar-refractivity contribution in [1.29, 1.82) is 0 Å². The van der Waals surface area contributed by atoms with Gasteiger partial charge in [0, 0.05) is 23.2 Å². The molecule has 0 unspecified atom stereocenters. The van der Waals surface area contributed by atoms with E-state index >= 15 is 0 Å². The summed E-state index contributed by atoms with van der Waals surface area (Å²) < 4.78 is 2.00. The van der Waals surface area contributed by atoms with Crippen molar-refractivity contribution in [2.45, 2.75) is 26.8 Å². The van der Waals surface area contributed by atoms with E-state index in [0.717, 1.165) is 4.88 Å². The summed E-state index contributed by atoms with van der Waals surface area (Å²) in [6.45, 7) is 4.69. The largest absolute Gasteiger partial charge is 1.00 e. The van der Waals surface area contributed by atoms with Crippen LogP contribution in [0.5, 0.6) is 0 Å². The van der Waals surface area contributed by atoms with Gasteiger partial charge in [0.1, 0.15) is 0 Å². The number of thiazole rings is 1. The first-order valence-electron chi connectivity index (χ1n) is 5.81. The molecule has 2 aromatic heterocycles. The molecule has 2 heterocycles. The van der Waals surface area contributed by atoms with Crippen LogP contribution in [0.3, 0.4) is 0 Å². The van der Waals surface area contributed by atoms with Crippen LogP contribution in [0.1, 0.15) is 16.9 Å². The molecule has 4 nitrogen and oxygen atoms in total. The second-order valence-corrected chi connectivity index (χ2v) is 5.42. The average Bonchev–Trinajstić information content (AvgIpc) is 2.74. The third-order valence-corrected chi connectivity index (χ3v) is 3.35. The molecule has 6 heteroatoms. The molecule has 19 heavy (non-hydrogen) atoms. The predicted molar refractivity (Wildman–Crippen MR) is 71.5 cm³/mol. The highest BCUT2D eigenvalue weighted by Gasteiger charge is 2.08. The topological polar surface area (TPSA) is 45.9 Å². The fourth-order valence-electron chi connectivity index (χ4n) is 1.51. The zero-order valence-corrected chi connectivity index (χ0v) is 13.3. The van der Waals surface area contributed by atoms with Crippen LogP contribution in [0.25, 0.3) is 0 Å². The van der Waals surface area contributed by atoms with E-state index in [2.05, 4.69) is 10.3 Å². The molecule has 2 rings (SSSR count). The van der Waals surface area contributed by atoms with Gasteiger partial charge >= 0.3 is 0 Å². The highest BCUT2D eigenvalue weighted by atomic mass is 79.9. The van der Waals surface area contributed by atoms with Gasteiger partial charge in [-0.2, -0.15) is 0 Å². The minimum Gasteiger partial charge on any atom is -1.00 e. The van der Waals surface area contributed by atoms with Crippen molar-refractivity contribution >= 4 is 22.4 Å². The summed E-state index contributed by atoms with van der Waals surface area (Å²) in [4.78, 5) is 16.9. The van der Waals surface area contributed by atoms with Gasteiger partial charge in [0.2, 0.25) is 5.91 Å². The number of aromatic nitrogens is 2. The van der Waals surface area contributed by atoms with Gasteiger partial charge in [-0.3, -0.25) is 4.79 Å². The van der Waals surface area contributed by atoms with E-state index in [4.69, 9.17) is 0 Å². The lowest BCUT2D eigenvalue weighted by Gasteiger charge is -1.99. The Balaban J connectivity index is 0.00000180. The van der Waals surface area contributed by atoms with E-state index in [9.17, 15) is 4.79 Å². The van der Waals surface area contributed by atoms with Gasteiger partial charge in [0.25, 0.3) is 0 Å². The fraction of sp³-hybridized carbons (Fsp3) is 0.308. The average molecular weight is 342 g/mol. The number of pyridine rings is 1.